The molecule has 0 radical (unpaired) electrons. The number of amides is 1. The Kier molecular flexibility index (Phi) is 5.77. The van der Waals surface area contributed by atoms with E-state index in [1.807, 2.05) is 13.8 Å². The van der Waals surface area contributed by atoms with Crippen LogP contribution in [0.25, 0.3) is 0 Å². The Bertz CT molecular complexity index is 433. The molecule has 0 bridgehead atoms. The fourth-order valence-corrected chi connectivity index (χ4v) is 2.51. The van der Waals surface area contributed by atoms with Gasteiger partial charge in [0.1, 0.15) is 5.75 Å². The molecule has 0 fully saturated rings. The SMILES string of the molecule is CCC(CC)NC(=O)CS(=O)c1ncccc1N. The van der Waals surface area contributed by atoms with Crippen molar-refractivity contribution in [3.63, 3.8) is 0 Å². The third-order valence-corrected chi connectivity index (χ3v) is 3.93. The number of hydrogen-bond donors (Lipinski definition) is 2. The van der Waals surface area contributed by atoms with Crippen molar-refractivity contribution >= 4 is 22.4 Å². The zero-order valence-corrected chi connectivity index (χ0v) is 11.5. The van der Waals surface area contributed by atoms with Gasteiger partial charge in [-0.1, -0.05) is 13.8 Å². The summed E-state index contributed by atoms with van der Waals surface area (Å²) in [6, 6.07) is 3.43. The zero-order valence-electron chi connectivity index (χ0n) is 10.7. The van der Waals surface area contributed by atoms with Crippen molar-refractivity contribution in [3.8, 4) is 0 Å². The van der Waals surface area contributed by atoms with Gasteiger partial charge in [0, 0.05) is 12.2 Å². The smallest absolute Gasteiger partial charge is 0.233 e. The minimum atomic E-state index is -1.49. The molecular weight excluding hydrogens is 250 g/mol. The van der Waals surface area contributed by atoms with Crippen molar-refractivity contribution < 1.29 is 9.00 Å². The molecule has 18 heavy (non-hydrogen) atoms. The molecule has 0 aliphatic rings. The fraction of sp³-hybridized carbons (Fsp3) is 0.500. The molecule has 5 nitrogen and oxygen atoms in total. The summed E-state index contributed by atoms with van der Waals surface area (Å²) in [6.07, 6.45) is 3.24. The van der Waals surface area contributed by atoms with Crippen molar-refractivity contribution in [1.29, 1.82) is 0 Å². The van der Waals surface area contributed by atoms with Gasteiger partial charge in [-0.25, -0.2) is 4.98 Å². The highest BCUT2D eigenvalue weighted by Crippen LogP contribution is 2.12. The Hall–Kier alpha value is -1.43. The van der Waals surface area contributed by atoms with E-state index in [0.29, 0.717) is 5.69 Å². The molecule has 0 spiro atoms. The molecule has 1 unspecified atom stereocenters. The summed E-state index contributed by atoms with van der Waals surface area (Å²) in [5, 5.41) is 3.11. The highest BCUT2D eigenvalue weighted by atomic mass is 32.2. The number of carbonyl (C=O) groups is 1. The van der Waals surface area contributed by atoms with Crippen LogP contribution in [0, 0.1) is 0 Å². The number of carbonyl (C=O) groups excluding carboxylic acids is 1. The van der Waals surface area contributed by atoms with Gasteiger partial charge < -0.3 is 11.1 Å². The fourth-order valence-electron chi connectivity index (χ4n) is 1.54. The third-order valence-electron chi connectivity index (χ3n) is 2.63. The van der Waals surface area contributed by atoms with Crippen LogP contribution >= 0.6 is 0 Å². The summed E-state index contributed by atoms with van der Waals surface area (Å²) < 4.78 is 11.9. The predicted octanol–water partition coefficient (Wildman–Crippen LogP) is 1.08. The van der Waals surface area contributed by atoms with Crippen LogP contribution in [0.15, 0.2) is 23.4 Å². The summed E-state index contributed by atoms with van der Waals surface area (Å²) in [5.74, 6) is -0.329. The molecule has 1 aromatic rings. The van der Waals surface area contributed by atoms with Gasteiger partial charge in [0.05, 0.1) is 16.5 Å². The Labute approximate surface area is 110 Å². The van der Waals surface area contributed by atoms with E-state index in [1.54, 1.807) is 12.1 Å². The average molecular weight is 269 g/mol. The van der Waals surface area contributed by atoms with Crippen LogP contribution in [0.2, 0.25) is 0 Å². The second kappa shape index (κ2) is 7.10. The van der Waals surface area contributed by atoms with Gasteiger partial charge in [0.25, 0.3) is 0 Å². The molecule has 0 aromatic carbocycles. The monoisotopic (exact) mass is 269 g/mol. The topological polar surface area (TPSA) is 85.1 Å². The maximum atomic E-state index is 11.9. The Morgan fingerprint density at radius 3 is 2.72 bits per heavy atom. The lowest BCUT2D eigenvalue weighted by atomic mass is 10.2. The van der Waals surface area contributed by atoms with E-state index in [1.165, 1.54) is 6.20 Å². The van der Waals surface area contributed by atoms with Gasteiger partial charge in [0.15, 0.2) is 5.03 Å². The van der Waals surface area contributed by atoms with Crippen LogP contribution < -0.4 is 11.1 Å². The van der Waals surface area contributed by atoms with Gasteiger partial charge in [-0.05, 0) is 25.0 Å². The van der Waals surface area contributed by atoms with Gasteiger partial charge in [0.2, 0.25) is 5.91 Å². The van der Waals surface area contributed by atoms with E-state index < -0.39 is 10.8 Å². The highest BCUT2D eigenvalue weighted by Gasteiger charge is 2.15. The molecule has 1 amide bonds. The number of nitrogens with two attached hydrogens (primary N) is 1. The number of nitrogens with one attached hydrogen (secondary N) is 1. The van der Waals surface area contributed by atoms with Crippen molar-refractivity contribution in [2.75, 3.05) is 11.5 Å². The molecule has 1 aromatic heterocycles. The molecular formula is C12H19N3O2S. The van der Waals surface area contributed by atoms with Crippen LogP contribution in [0.1, 0.15) is 26.7 Å². The first-order chi connectivity index (χ1) is 8.58. The number of pyridine rings is 1. The summed E-state index contributed by atoms with van der Waals surface area (Å²) >= 11 is 0. The van der Waals surface area contributed by atoms with E-state index in [4.69, 9.17) is 5.73 Å². The summed E-state index contributed by atoms with van der Waals surface area (Å²) in [7, 11) is -1.49. The normalized spacial score (nSPS) is 12.4. The van der Waals surface area contributed by atoms with Crippen molar-refractivity contribution in [1.82, 2.24) is 10.3 Å². The lowest BCUT2D eigenvalue weighted by Gasteiger charge is -2.14. The number of nitrogens with zero attached hydrogens (tertiary/aromatic N) is 1. The second-order valence-electron chi connectivity index (χ2n) is 3.97. The Balaban J connectivity index is 2.60. The van der Waals surface area contributed by atoms with Gasteiger partial charge >= 0.3 is 0 Å². The van der Waals surface area contributed by atoms with Crippen molar-refractivity contribution in [2.24, 2.45) is 0 Å². The van der Waals surface area contributed by atoms with Gasteiger partial charge in [-0.15, -0.1) is 0 Å². The van der Waals surface area contributed by atoms with Gasteiger partial charge in [-0.3, -0.25) is 9.00 Å². The van der Waals surface area contributed by atoms with Crippen LogP contribution in [0.4, 0.5) is 5.69 Å². The maximum Gasteiger partial charge on any atom is 0.233 e. The molecule has 100 valence electrons. The third kappa shape index (κ3) is 4.10. The standard InChI is InChI=1S/C12H19N3O2S/c1-3-9(4-2)15-11(16)8-18(17)12-10(13)6-5-7-14-12/h5-7,9H,3-4,8,13H2,1-2H3,(H,15,16). The number of hydrogen-bond acceptors (Lipinski definition) is 4. The lowest BCUT2D eigenvalue weighted by Crippen LogP contribution is -2.36. The molecule has 0 aliphatic heterocycles. The van der Waals surface area contributed by atoms with E-state index in [0.717, 1.165) is 12.8 Å². The quantitative estimate of drug-likeness (QED) is 0.809. The molecule has 6 heteroatoms. The van der Waals surface area contributed by atoms with E-state index in [-0.39, 0.29) is 22.7 Å². The average Bonchev–Trinajstić information content (AvgIpc) is 2.36. The number of nitrogen functional groups attached to an aromatic ring is 1. The molecule has 1 atom stereocenters. The van der Waals surface area contributed by atoms with E-state index >= 15 is 0 Å². The zero-order chi connectivity index (χ0) is 13.5. The first-order valence-electron chi connectivity index (χ1n) is 5.96. The van der Waals surface area contributed by atoms with Crippen LogP contribution in [-0.2, 0) is 15.6 Å². The second-order valence-corrected chi connectivity index (χ2v) is 5.33. The van der Waals surface area contributed by atoms with Crippen LogP contribution in [0.3, 0.4) is 0 Å². The molecule has 1 rings (SSSR count). The van der Waals surface area contributed by atoms with E-state index in [2.05, 4.69) is 10.3 Å². The lowest BCUT2D eigenvalue weighted by molar-refractivity contribution is -0.119. The van der Waals surface area contributed by atoms with Crippen molar-refractivity contribution in [2.45, 2.75) is 37.8 Å². The molecule has 0 saturated carbocycles. The summed E-state index contributed by atoms with van der Waals surface area (Å²) in [4.78, 5) is 15.6. The minimum absolute atomic E-state index is 0.0995. The Morgan fingerprint density at radius 2 is 2.17 bits per heavy atom. The molecule has 1 heterocycles. The molecule has 0 aliphatic carbocycles. The van der Waals surface area contributed by atoms with Crippen LogP contribution in [0.5, 0.6) is 0 Å². The minimum Gasteiger partial charge on any atom is -0.396 e. The van der Waals surface area contributed by atoms with E-state index in [9.17, 15) is 9.00 Å². The maximum absolute atomic E-state index is 11.9. The summed E-state index contributed by atoms with van der Waals surface area (Å²) in [5.41, 5.74) is 6.02. The Morgan fingerprint density at radius 1 is 1.50 bits per heavy atom. The highest BCUT2D eigenvalue weighted by molar-refractivity contribution is 7.85. The molecule has 0 saturated heterocycles. The number of aromatic nitrogens is 1. The number of rotatable bonds is 6. The summed E-state index contributed by atoms with van der Waals surface area (Å²) in [6.45, 7) is 4.00. The first-order valence-corrected chi connectivity index (χ1v) is 7.28. The predicted molar refractivity (Wildman–Crippen MR) is 72.4 cm³/mol. The van der Waals surface area contributed by atoms with Gasteiger partial charge in [-0.2, -0.15) is 0 Å². The van der Waals surface area contributed by atoms with Crippen molar-refractivity contribution in [3.05, 3.63) is 18.3 Å². The molecule has 3 N–H and O–H groups in total. The van der Waals surface area contributed by atoms with Crippen LogP contribution in [-0.4, -0.2) is 26.9 Å². The first kappa shape index (κ1) is 14.6. The number of anilines is 1. The largest absolute Gasteiger partial charge is 0.396 e.